The summed E-state index contributed by atoms with van der Waals surface area (Å²) in [6.07, 6.45) is 10.8. The molecule has 3 nitrogen and oxygen atoms in total. The van der Waals surface area contributed by atoms with Crippen molar-refractivity contribution in [2.75, 3.05) is 14.1 Å². The van der Waals surface area contributed by atoms with Crippen molar-refractivity contribution in [3.05, 3.63) is 71.8 Å². The molecule has 2 aromatic carbocycles. The van der Waals surface area contributed by atoms with Gasteiger partial charge >= 0.3 is 5.97 Å². The predicted molar refractivity (Wildman–Crippen MR) is 130 cm³/mol. The molecule has 0 bridgehead atoms. The van der Waals surface area contributed by atoms with Gasteiger partial charge in [0.25, 0.3) is 0 Å². The number of carboxylic acids is 1. The van der Waals surface area contributed by atoms with Crippen LogP contribution in [0, 0.1) is 5.92 Å². The van der Waals surface area contributed by atoms with E-state index in [2.05, 4.69) is 31.2 Å². The van der Waals surface area contributed by atoms with Crippen LogP contribution >= 0.6 is 0 Å². The molecular formula is C28H41NO2. The van der Waals surface area contributed by atoms with Gasteiger partial charge in [-0.25, -0.2) is 0 Å². The first-order chi connectivity index (χ1) is 15.0. The maximum atomic E-state index is 12.7. The van der Waals surface area contributed by atoms with E-state index in [0.29, 0.717) is 18.8 Å². The molecule has 0 aliphatic carbocycles. The highest BCUT2D eigenvalue weighted by Crippen LogP contribution is 2.32. The SMILES string of the molecule is CCCCCCCCC(Cc1ccccc1)CC(Cc1ccccc1)(C(=O)O)N(C)C. The lowest BCUT2D eigenvalue weighted by Crippen LogP contribution is -2.54. The van der Waals surface area contributed by atoms with Crippen LogP contribution in [-0.2, 0) is 17.6 Å². The lowest BCUT2D eigenvalue weighted by molar-refractivity contribution is -0.151. The minimum atomic E-state index is -0.900. The second kappa shape index (κ2) is 13.3. The zero-order valence-electron chi connectivity index (χ0n) is 19.7. The Morgan fingerprint density at radius 3 is 1.97 bits per heavy atom. The molecule has 0 heterocycles. The number of benzene rings is 2. The van der Waals surface area contributed by atoms with Crippen LogP contribution in [0.25, 0.3) is 0 Å². The molecule has 2 rings (SSSR count). The summed E-state index contributed by atoms with van der Waals surface area (Å²) in [5.41, 5.74) is 1.48. The molecule has 0 radical (unpaired) electrons. The van der Waals surface area contributed by atoms with Gasteiger partial charge in [-0.3, -0.25) is 9.69 Å². The number of unbranched alkanes of at least 4 members (excludes halogenated alkanes) is 5. The van der Waals surface area contributed by atoms with Gasteiger partial charge in [0, 0.05) is 6.42 Å². The van der Waals surface area contributed by atoms with Crippen LogP contribution in [0.5, 0.6) is 0 Å². The van der Waals surface area contributed by atoms with Gasteiger partial charge in [-0.05, 0) is 44.0 Å². The van der Waals surface area contributed by atoms with E-state index in [9.17, 15) is 9.90 Å². The summed E-state index contributed by atoms with van der Waals surface area (Å²) in [5.74, 6) is -0.377. The molecule has 2 aromatic rings. The van der Waals surface area contributed by atoms with Gasteiger partial charge in [-0.1, -0.05) is 113 Å². The van der Waals surface area contributed by atoms with E-state index in [-0.39, 0.29) is 0 Å². The predicted octanol–water partition coefficient (Wildman–Crippen LogP) is 6.61. The molecule has 0 aromatic heterocycles. The largest absolute Gasteiger partial charge is 0.480 e. The van der Waals surface area contributed by atoms with E-state index >= 15 is 0 Å². The molecule has 0 spiro atoms. The fraction of sp³-hybridized carbons (Fsp3) is 0.536. The molecular weight excluding hydrogens is 382 g/mol. The van der Waals surface area contributed by atoms with Gasteiger partial charge in [0.15, 0.2) is 0 Å². The van der Waals surface area contributed by atoms with Crippen molar-refractivity contribution in [3.8, 4) is 0 Å². The van der Waals surface area contributed by atoms with Crippen LogP contribution in [0.2, 0.25) is 0 Å². The van der Waals surface area contributed by atoms with Gasteiger partial charge in [-0.2, -0.15) is 0 Å². The Hall–Kier alpha value is -2.13. The van der Waals surface area contributed by atoms with Crippen molar-refractivity contribution < 1.29 is 9.90 Å². The van der Waals surface area contributed by atoms with E-state index in [1.54, 1.807) is 0 Å². The second-order valence-corrected chi connectivity index (χ2v) is 9.21. The van der Waals surface area contributed by atoms with Crippen molar-refractivity contribution >= 4 is 5.97 Å². The minimum absolute atomic E-state index is 0.343. The number of rotatable bonds is 15. The number of hydrogen-bond acceptors (Lipinski definition) is 2. The standard InChI is InChI=1S/C28H41NO2/c1-4-5-6-7-8-11-20-26(21-24-16-12-9-13-17-24)23-28(27(30)31,29(2)3)22-25-18-14-10-15-19-25/h9-10,12-19,26H,4-8,11,20-23H2,1-3H3,(H,30,31). The fourth-order valence-electron chi connectivity index (χ4n) is 4.62. The van der Waals surface area contributed by atoms with Crippen molar-refractivity contribution in [3.63, 3.8) is 0 Å². The Kier molecular flexibility index (Phi) is 10.8. The summed E-state index contributed by atoms with van der Waals surface area (Å²) in [6.45, 7) is 2.25. The van der Waals surface area contributed by atoms with Gasteiger partial charge in [-0.15, -0.1) is 0 Å². The molecule has 0 aliphatic rings. The normalized spacial score (nSPS) is 14.3. The fourth-order valence-corrected chi connectivity index (χ4v) is 4.62. The summed E-state index contributed by atoms with van der Waals surface area (Å²) in [6, 6.07) is 20.6. The molecule has 2 unspecified atom stereocenters. The quantitative estimate of drug-likeness (QED) is 0.328. The van der Waals surface area contributed by atoms with Crippen LogP contribution in [0.1, 0.15) is 69.4 Å². The van der Waals surface area contributed by atoms with Crippen molar-refractivity contribution in [2.24, 2.45) is 5.92 Å². The van der Waals surface area contributed by atoms with E-state index in [0.717, 1.165) is 18.4 Å². The topological polar surface area (TPSA) is 40.5 Å². The first-order valence-electron chi connectivity index (χ1n) is 12.0. The number of carbonyl (C=O) groups is 1. The number of aliphatic carboxylic acids is 1. The summed E-state index contributed by atoms with van der Waals surface area (Å²) >= 11 is 0. The molecule has 170 valence electrons. The zero-order valence-corrected chi connectivity index (χ0v) is 19.7. The summed E-state index contributed by atoms with van der Waals surface area (Å²) < 4.78 is 0. The number of nitrogens with zero attached hydrogens (tertiary/aromatic N) is 1. The molecule has 0 amide bonds. The van der Waals surface area contributed by atoms with E-state index in [1.807, 2.05) is 55.4 Å². The maximum absolute atomic E-state index is 12.7. The Bertz CT molecular complexity index is 744. The summed E-state index contributed by atoms with van der Waals surface area (Å²) in [7, 11) is 3.84. The molecule has 3 heteroatoms. The van der Waals surface area contributed by atoms with Gasteiger partial charge in [0.1, 0.15) is 5.54 Å². The summed E-state index contributed by atoms with van der Waals surface area (Å²) in [4.78, 5) is 14.6. The van der Waals surface area contributed by atoms with E-state index in [4.69, 9.17) is 0 Å². The number of carboxylic acid groups (broad SMARTS) is 1. The zero-order chi connectivity index (χ0) is 22.5. The average Bonchev–Trinajstić information content (AvgIpc) is 2.76. The molecule has 0 saturated carbocycles. The Morgan fingerprint density at radius 1 is 0.871 bits per heavy atom. The van der Waals surface area contributed by atoms with Crippen LogP contribution in [0.3, 0.4) is 0 Å². The van der Waals surface area contributed by atoms with E-state index < -0.39 is 11.5 Å². The highest BCUT2D eigenvalue weighted by Gasteiger charge is 2.42. The smallest absolute Gasteiger partial charge is 0.324 e. The van der Waals surface area contributed by atoms with Crippen LogP contribution in [-0.4, -0.2) is 35.6 Å². The second-order valence-electron chi connectivity index (χ2n) is 9.21. The first kappa shape index (κ1) is 25.1. The molecule has 1 N–H and O–H groups in total. The minimum Gasteiger partial charge on any atom is -0.480 e. The van der Waals surface area contributed by atoms with Crippen molar-refractivity contribution in [1.82, 2.24) is 4.90 Å². The van der Waals surface area contributed by atoms with Crippen LogP contribution < -0.4 is 0 Å². The number of likely N-dealkylation sites (N-methyl/N-ethyl adjacent to an activating group) is 1. The highest BCUT2D eigenvalue weighted by atomic mass is 16.4. The first-order valence-corrected chi connectivity index (χ1v) is 12.0. The van der Waals surface area contributed by atoms with Gasteiger partial charge in [0.2, 0.25) is 0 Å². The Morgan fingerprint density at radius 2 is 1.42 bits per heavy atom. The van der Waals surface area contributed by atoms with E-state index in [1.165, 1.54) is 44.1 Å². The van der Waals surface area contributed by atoms with Crippen LogP contribution in [0.15, 0.2) is 60.7 Å². The molecule has 31 heavy (non-hydrogen) atoms. The third-order valence-electron chi connectivity index (χ3n) is 6.55. The van der Waals surface area contributed by atoms with Gasteiger partial charge in [0.05, 0.1) is 0 Å². The molecule has 0 fully saturated rings. The molecule has 2 atom stereocenters. The third-order valence-corrected chi connectivity index (χ3v) is 6.55. The lowest BCUT2D eigenvalue weighted by atomic mass is 9.77. The van der Waals surface area contributed by atoms with Crippen molar-refractivity contribution in [1.29, 1.82) is 0 Å². The van der Waals surface area contributed by atoms with Crippen molar-refractivity contribution in [2.45, 2.75) is 76.7 Å². The third kappa shape index (κ3) is 8.14. The van der Waals surface area contributed by atoms with Gasteiger partial charge < -0.3 is 5.11 Å². The average molecular weight is 424 g/mol. The number of hydrogen-bond donors (Lipinski definition) is 1. The Labute approximate surface area is 189 Å². The Balaban J connectivity index is 2.18. The highest BCUT2D eigenvalue weighted by molar-refractivity contribution is 5.79. The molecule has 0 aliphatic heterocycles. The van der Waals surface area contributed by atoms with Crippen LogP contribution in [0.4, 0.5) is 0 Å². The maximum Gasteiger partial charge on any atom is 0.324 e. The monoisotopic (exact) mass is 423 g/mol. The summed E-state index contributed by atoms with van der Waals surface area (Å²) in [5, 5.41) is 10.4. The lowest BCUT2D eigenvalue weighted by Gasteiger charge is -2.39. The molecule has 0 saturated heterocycles.